The van der Waals surface area contributed by atoms with Gasteiger partial charge in [-0.25, -0.2) is 0 Å². The van der Waals surface area contributed by atoms with Gasteiger partial charge >= 0.3 is 0 Å². The van der Waals surface area contributed by atoms with Crippen molar-refractivity contribution in [2.45, 2.75) is 77.2 Å². The van der Waals surface area contributed by atoms with Crippen LogP contribution < -0.4 is 0 Å². The molecular formula is C22H32O2. The largest absolute Gasteiger partial charge is 0.389 e. The van der Waals surface area contributed by atoms with E-state index in [1.54, 1.807) is 0 Å². The molecule has 0 saturated heterocycles. The van der Waals surface area contributed by atoms with Gasteiger partial charge in [0, 0.05) is 11.8 Å². The van der Waals surface area contributed by atoms with Gasteiger partial charge in [0.25, 0.3) is 0 Å². The highest BCUT2D eigenvalue weighted by molar-refractivity contribution is 5.91. The fraction of sp³-hybridized carbons (Fsp3) is 0.864. The van der Waals surface area contributed by atoms with Crippen LogP contribution in [0.5, 0.6) is 0 Å². The highest BCUT2D eigenvalue weighted by Crippen LogP contribution is 2.77. The van der Waals surface area contributed by atoms with Gasteiger partial charge in [-0.2, -0.15) is 0 Å². The van der Waals surface area contributed by atoms with E-state index in [1.165, 1.54) is 31.3 Å². The zero-order valence-electron chi connectivity index (χ0n) is 15.3. The molecule has 0 radical (unpaired) electrons. The van der Waals surface area contributed by atoms with Crippen LogP contribution in [0.3, 0.4) is 0 Å². The Morgan fingerprint density at radius 2 is 1.92 bits per heavy atom. The maximum absolute atomic E-state index is 11.8. The topological polar surface area (TPSA) is 37.3 Å². The summed E-state index contributed by atoms with van der Waals surface area (Å²) in [5, 5.41) is 11.7. The minimum absolute atomic E-state index is 0.197. The molecule has 0 aromatic carbocycles. The van der Waals surface area contributed by atoms with Crippen LogP contribution in [-0.2, 0) is 4.79 Å². The monoisotopic (exact) mass is 328 g/mol. The lowest BCUT2D eigenvalue weighted by Gasteiger charge is -2.58. The minimum atomic E-state index is -0.388. The van der Waals surface area contributed by atoms with Crippen molar-refractivity contribution < 1.29 is 9.90 Å². The van der Waals surface area contributed by atoms with E-state index in [-0.39, 0.29) is 11.0 Å². The smallest absolute Gasteiger partial charge is 0.155 e. The van der Waals surface area contributed by atoms with Gasteiger partial charge in [-0.1, -0.05) is 19.4 Å². The lowest BCUT2D eigenvalue weighted by Crippen LogP contribution is -2.56. The van der Waals surface area contributed by atoms with Crippen LogP contribution >= 0.6 is 0 Å². The fourth-order valence-corrected chi connectivity index (χ4v) is 8.42. The molecule has 0 amide bonds. The maximum Gasteiger partial charge on any atom is 0.155 e. The van der Waals surface area contributed by atoms with Crippen LogP contribution in [0.2, 0.25) is 0 Å². The van der Waals surface area contributed by atoms with Crippen LogP contribution in [-0.4, -0.2) is 16.5 Å². The van der Waals surface area contributed by atoms with Gasteiger partial charge in [-0.05, 0) is 93.0 Å². The molecule has 5 aliphatic rings. The van der Waals surface area contributed by atoms with Crippen molar-refractivity contribution in [3.8, 4) is 0 Å². The molecule has 0 heterocycles. The molecule has 0 aromatic rings. The number of carbonyl (C=O) groups is 1. The van der Waals surface area contributed by atoms with Gasteiger partial charge in [0.2, 0.25) is 0 Å². The third-order valence-electron chi connectivity index (χ3n) is 9.33. The molecular weight excluding hydrogens is 296 g/mol. The van der Waals surface area contributed by atoms with Crippen molar-refractivity contribution in [2.24, 2.45) is 40.9 Å². The SMILES string of the molecule is CC[C@]12CC[C@H]3[C@@H](CCC4=CC(=O)CC[C@@H]43)[C@@H]1[C@H]1C[C@H]1[C@@]2(O)CC. The molecule has 132 valence electrons. The Hall–Kier alpha value is -0.630. The van der Waals surface area contributed by atoms with E-state index in [2.05, 4.69) is 13.8 Å². The molecule has 4 fully saturated rings. The van der Waals surface area contributed by atoms with Gasteiger partial charge in [-0.3, -0.25) is 4.79 Å². The second-order valence-corrected chi connectivity index (χ2v) is 9.56. The molecule has 2 heteroatoms. The second-order valence-electron chi connectivity index (χ2n) is 9.56. The van der Waals surface area contributed by atoms with Crippen molar-refractivity contribution in [1.82, 2.24) is 0 Å². The molecule has 1 N–H and O–H groups in total. The van der Waals surface area contributed by atoms with Gasteiger partial charge in [0.05, 0.1) is 5.60 Å². The van der Waals surface area contributed by atoms with Crippen molar-refractivity contribution in [3.63, 3.8) is 0 Å². The molecule has 5 rings (SSSR count). The molecule has 0 aromatic heterocycles. The Bertz CT molecular complexity index is 607. The molecule has 0 unspecified atom stereocenters. The molecule has 8 atom stereocenters. The second kappa shape index (κ2) is 4.96. The summed E-state index contributed by atoms with van der Waals surface area (Å²) in [6.45, 7) is 4.56. The minimum Gasteiger partial charge on any atom is -0.389 e. The Kier molecular flexibility index (Phi) is 3.23. The summed E-state index contributed by atoms with van der Waals surface area (Å²) in [5.74, 6) is 4.81. The number of hydrogen-bond acceptors (Lipinski definition) is 2. The first-order valence-corrected chi connectivity index (χ1v) is 10.5. The number of carbonyl (C=O) groups excluding carboxylic acids is 1. The van der Waals surface area contributed by atoms with Crippen LogP contribution in [0.1, 0.15) is 71.6 Å². The van der Waals surface area contributed by atoms with Crippen LogP contribution in [0.4, 0.5) is 0 Å². The lowest BCUT2D eigenvalue weighted by molar-refractivity contribution is -0.153. The van der Waals surface area contributed by atoms with Crippen molar-refractivity contribution in [2.75, 3.05) is 0 Å². The van der Waals surface area contributed by atoms with E-state index in [0.29, 0.717) is 17.6 Å². The summed E-state index contributed by atoms with van der Waals surface area (Å²) < 4.78 is 0. The Labute approximate surface area is 146 Å². The third-order valence-corrected chi connectivity index (χ3v) is 9.33. The number of hydrogen-bond donors (Lipinski definition) is 1. The molecule has 24 heavy (non-hydrogen) atoms. The summed E-state index contributed by atoms with van der Waals surface area (Å²) in [7, 11) is 0. The average molecular weight is 328 g/mol. The zero-order chi connectivity index (χ0) is 16.7. The van der Waals surface area contributed by atoms with Crippen LogP contribution in [0.15, 0.2) is 11.6 Å². The van der Waals surface area contributed by atoms with E-state index in [9.17, 15) is 9.90 Å². The first-order chi connectivity index (χ1) is 11.6. The summed E-state index contributed by atoms with van der Waals surface area (Å²) in [5.41, 5.74) is 1.29. The predicted molar refractivity (Wildman–Crippen MR) is 94.3 cm³/mol. The summed E-state index contributed by atoms with van der Waals surface area (Å²) in [6.07, 6.45) is 12.2. The lowest BCUT2D eigenvalue weighted by atomic mass is 9.47. The van der Waals surface area contributed by atoms with Gasteiger partial charge in [0.15, 0.2) is 5.78 Å². The first-order valence-electron chi connectivity index (χ1n) is 10.5. The summed E-state index contributed by atoms with van der Waals surface area (Å²) in [6, 6.07) is 0. The van der Waals surface area contributed by atoms with Gasteiger partial charge < -0.3 is 5.11 Å². The Balaban J connectivity index is 1.52. The van der Waals surface area contributed by atoms with Crippen LogP contribution in [0, 0.1) is 40.9 Å². The maximum atomic E-state index is 11.8. The number of allylic oxidation sites excluding steroid dienone is 1. The average Bonchev–Trinajstić information content (AvgIpc) is 3.36. The zero-order valence-corrected chi connectivity index (χ0v) is 15.3. The number of ketones is 1. The van der Waals surface area contributed by atoms with E-state index in [1.807, 2.05) is 6.08 Å². The van der Waals surface area contributed by atoms with Crippen LogP contribution in [0.25, 0.3) is 0 Å². The standard InChI is InChI=1S/C22H32O2/c1-3-21-10-9-16-15-8-6-14(23)11-13(15)5-7-17(16)20(21)18-12-19(18)22(21,24)4-2/h11,15-20,24H,3-10,12H2,1-2H3/t15-,16+,17+,18-,19+,20+,21-,22-/m0/s1. The van der Waals surface area contributed by atoms with E-state index < -0.39 is 0 Å². The normalized spacial score (nSPS) is 55.1. The number of fused-ring (bicyclic) bond motifs is 7. The highest BCUT2D eigenvalue weighted by atomic mass is 16.3. The Morgan fingerprint density at radius 1 is 1.08 bits per heavy atom. The van der Waals surface area contributed by atoms with Crippen molar-refractivity contribution in [3.05, 3.63) is 11.6 Å². The third kappa shape index (κ3) is 1.69. The molecule has 5 aliphatic carbocycles. The van der Waals surface area contributed by atoms with Gasteiger partial charge in [-0.15, -0.1) is 0 Å². The molecule has 0 bridgehead atoms. The molecule has 2 nitrogen and oxygen atoms in total. The fourth-order valence-electron chi connectivity index (χ4n) is 8.42. The molecule has 0 spiro atoms. The number of rotatable bonds is 2. The Morgan fingerprint density at radius 3 is 2.67 bits per heavy atom. The van der Waals surface area contributed by atoms with E-state index in [4.69, 9.17) is 0 Å². The summed E-state index contributed by atoms with van der Waals surface area (Å²) >= 11 is 0. The van der Waals surface area contributed by atoms with E-state index in [0.717, 1.165) is 55.8 Å². The number of aliphatic hydroxyl groups is 1. The van der Waals surface area contributed by atoms with Gasteiger partial charge in [0.1, 0.15) is 0 Å². The first kappa shape index (κ1) is 15.6. The quantitative estimate of drug-likeness (QED) is 0.809. The van der Waals surface area contributed by atoms with E-state index >= 15 is 0 Å². The molecule has 4 saturated carbocycles. The summed E-state index contributed by atoms with van der Waals surface area (Å²) in [4.78, 5) is 11.8. The highest BCUT2D eigenvalue weighted by Gasteiger charge is 2.75. The van der Waals surface area contributed by atoms with Crippen molar-refractivity contribution >= 4 is 5.78 Å². The van der Waals surface area contributed by atoms with Crippen molar-refractivity contribution in [1.29, 1.82) is 0 Å². The molecule has 0 aliphatic heterocycles. The predicted octanol–water partition coefficient (Wildman–Crippen LogP) is 4.52.